The Bertz CT molecular complexity index is 871. The van der Waals surface area contributed by atoms with Crippen LogP contribution in [0.25, 0.3) is 10.9 Å². The van der Waals surface area contributed by atoms with Crippen LogP contribution in [0.1, 0.15) is 16.1 Å². The number of rotatable bonds is 3. The predicted octanol–water partition coefficient (Wildman–Crippen LogP) is 2.26. The van der Waals surface area contributed by atoms with Gasteiger partial charge in [-0.05, 0) is 17.7 Å². The van der Waals surface area contributed by atoms with E-state index in [-0.39, 0.29) is 5.91 Å². The third-order valence-electron chi connectivity index (χ3n) is 3.74. The molecule has 0 fully saturated rings. The minimum absolute atomic E-state index is 0.370. The van der Waals surface area contributed by atoms with Gasteiger partial charge in [-0.2, -0.15) is 0 Å². The Balaban J connectivity index is 1.95. The molecule has 3 rings (SSSR count). The first-order valence-corrected chi connectivity index (χ1v) is 7.59. The molecule has 6 heteroatoms. The lowest BCUT2D eigenvalue weighted by atomic mass is 10.2. The number of hydrogen-bond acceptors (Lipinski definition) is 2. The van der Waals surface area contributed by atoms with Crippen molar-refractivity contribution in [2.75, 3.05) is 7.05 Å². The number of para-hydroxylation sites is 1. The number of nitrogens with zero attached hydrogens (tertiary/aromatic N) is 1. The molecule has 0 saturated heterocycles. The molecule has 0 aliphatic rings. The van der Waals surface area contributed by atoms with E-state index >= 15 is 0 Å². The Morgan fingerprint density at radius 3 is 2.42 bits per heavy atom. The second kappa shape index (κ2) is 6.87. The van der Waals surface area contributed by atoms with Gasteiger partial charge in [-0.25, -0.2) is 10.2 Å². The quantitative estimate of drug-likeness (QED) is 0.647. The molecule has 122 valence electrons. The van der Waals surface area contributed by atoms with Crippen LogP contribution in [0.3, 0.4) is 0 Å². The number of hydrazine groups is 1. The summed E-state index contributed by atoms with van der Waals surface area (Å²) in [5.41, 5.74) is 7.26. The summed E-state index contributed by atoms with van der Waals surface area (Å²) in [5, 5.41) is 3.35. The van der Waals surface area contributed by atoms with E-state index in [1.165, 1.54) is 7.05 Å². The van der Waals surface area contributed by atoms with E-state index in [4.69, 9.17) is 0 Å². The number of fused-ring (bicyclic) bond motifs is 1. The molecule has 0 bridgehead atoms. The van der Waals surface area contributed by atoms with E-state index in [1.54, 1.807) is 0 Å². The molecule has 6 nitrogen and oxygen atoms in total. The lowest BCUT2D eigenvalue weighted by Crippen LogP contribution is -2.46. The van der Waals surface area contributed by atoms with Crippen molar-refractivity contribution in [2.24, 2.45) is 0 Å². The molecule has 3 amide bonds. The van der Waals surface area contributed by atoms with Crippen LogP contribution in [-0.2, 0) is 6.54 Å². The number of nitrogens with one attached hydrogen (secondary N) is 3. The zero-order valence-electron chi connectivity index (χ0n) is 13.2. The van der Waals surface area contributed by atoms with Gasteiger partial charge >= 0.3 is 6.03 Å². The smallest absolute Gasteiger partial charge is 0.333 e. The number of aromatic nitrogens is 1. The third kappa shape index (κ3) is 3.22. The standard InChI is InChI=1S/C18H18N4O2/c1-19-18(24)21-20-17(23)16-11-14-9-5-6-10-15(14)22(16)12-13-7-3-2-4-8-13/h2-11H,12H2,1H3,(H,20,23)(H2,19,21,24). The summed E-state index contributed by atoms with van der Waals surface area (Å²) in [5.74, 6) is -0.370. The molecule has 0 aliphatic heterocycles. The average molecular weight is 322 g/mol. The highest BCUT2D eigenvalue weighted by Gasteiger charge is 2.16. The molecule has 0 spiro atoms. The monoisotopic (exact) mass is 322 g/mol. The summed E-state index contributed by atoms with van der Waals surface area (Å²) in [7, 11) is 1.48. The van der Waals surface area contributed by atoms with Gasteiger partial charge in [-0.15, -0.1) is 0 Å². The van der Waals surface area contributed by atoms with Gasteiger partial charge < -0.3 is 9.88 Å². The molecule has 2 aromatic carbocycles. The molecule has 0 aliphatic carbocycles. The molecule has 1 aromatic heterocycles. The second-order valence-electron chi connectivity index (χ2n) is 5.32. The summed E-state index contributed by atoms with van der Waals surface area (Å²) in [6.07, 6.45) is 0. The minimum atomic E-state index is -0.478. The topological polar surface area (TPSA) is 75.2 Å². The van der Waals surface area contributed by atoms with E-state index in [2.05, 4.69) is 16.2 Å². The third-order valence-corrected chi connectivity index (χ3v) is 3.74. The van der Waals surface area contributed by atoms with Crippen molar-refractivity contribution >= 4 is 22.8 Å². The maximum absolute atomic E-state index is 12.5. The highest BCUT2D eigenvalue weighted by molar-refractivity contribution is 5.99. The lowest BCUT2D eigenvalue weighted by molar-refractivity contribution is 0.0928. The van der Waals surface area contributed by atoms with Crippen molar-refractivity contribution < 1.29 is 9.59 Å². The molecule has 0 atom stereocenters. The van der Waals surface area contributed by atoms with Crippen LogP contribution in [0.4, 0.5) is 4.79 Å². The van der Waals surface area contributed by atoms with E-state index in [0.29, 0.717) is 12.2 Å². The Labute approximate surface area is 139 Å². The van der Waals surface area contributed by atoms with Crippen LogP contribution in [0.15, 0.2) is 60.7 Å². The van der Waals surface area contributed by atoms with Gasteiger partial charge in [0.05, 0.1) is 0 Å². The molecule has 0 radical (unpaired) electrons. The Morgan fingerprint density at radius 2 is 1.67 bits per heavy atom. The Morgan fingerprint density at radius 1 is 0.958 bits per heavy atom. The number of urea groups is 1. The number of carbonyl (C=O) groups is 2. The maximum atomic E-state index is 12.5. The molecule has 1 heterocycles. The van der Waals surface area contributed by atoms with Crippen LogP contribution >= 0.6 is 0 Å². The van der Waals surface area contributed by atoms with Crippen LogP contribution < -0.4 is 16.2 Å². The molecule has 24 heavy (non-hydrogen) atoms. The fourth-order valence-electron chi connectivity index (χ4n) is 2.57. The molecule has 3 N–H and O–H groups in total. The number of hydrogen-bond donors (Lipinski definition) is 3. The van der Waals surface area contributed by atoms with Crippen molar-refractivity contribution in [3.63, 3.8) is 0 Å². The van der Waals surface area contributed by atoms with E-state index in [0.717, 1.165) is 16.5 Å². The number of benzene rings is 2. The first-order chi connectivity index (χ1) is 11.7. The zero-order valence-corrected chi connectivity index (χ0v) is 13.2. The fourth-order valence-corrected chi connectivity index (χ4v) is 2.57. The van der Waals surface area contributed by atoms with Crippen molar-refractivity contribution in [3.8, 4) is 0 Å². The highest BCUT2D eigenvalue weighted by atomic mass is 16.2. The molecule has 0 saturated carbocycles. The summed E-state index contributed by atoms with van der Waals surface area (Å²) < 4.78 is 1.94. The van der Waals surface area contributed by atoms with E-state index in [9.17, 15) is 9.59 Å². The van der Waals surface area contributed by atoms with Crippen molar-refractivity contribution in [2.45, 2.75) is 6.54 Å². The fraction of sp³-hybridized carbons (Fsp3) is 0.111. The lowest BCUT2D eigenvalue weighted by Gasteiger charge is -2.12. The summed E-state index contributed by atoms with van der Waals surface area (Å²) in [6.45, 7) is 0.567. The normalized spacial score (nSPS) is 10.4. The van der Waals surface area contributed by atoms with Crippen molar-refractivity contribution in [1.29, 1.82) is 0 Å². The van der Waals surface area contributed by atoms with Gasteiger partial charge in [0.25, 0.3) is 5.91 Å². The minimum Gasteiger partial charge on any atom is -0.340 e. The van der Waals surface area contributed by atoms with Gasteiger partial charge in [0.15, 0.2) is 0 Å². The molecular formula is C18H18N4O2. The summed E-state index contributed by atoms with van der Waals surface area (Å²) in [6, 6.07) is 19.1. The van der Waals surface area contributed by atoms with Crippen molar-refractivity contribution in [1.82, 2.24) is 20.7 Å². The first kappa shape index (κ1) is 15.6. The van der Waals surface area contributed by atoms with Gasteiger partial charge in [0.1, 0.15) is 5.69 Å². The number of carbonyl (C=O) groups excluding carboxylic acids is 2. The van der Waals surface area contributed by atoms with Gasteiger partial charge in [0.2, 0.25) is 0 Å². The second-order valence-corrected chi connectivity index (χ2v) is 5.32. The first-order valence-electron chi connectivity index (χ1n) is 7.59. The SMILES string of the molecule is CNC(=O)NNC(=O)c1cc2ccccc2n1Cc1ccccc1. The van der Waals surface area contributed by atoms with Crippen LogP contribution in [0, 0.1) is 0 Å². The van der Waals surface area contributed by atoms with Crippen LogP contribution in [0.5, 0.6) is 0 Å². The van der Waals surface area contributed by atoms with E-state index < -0.39 is 6.03 Å². The largest absolute Gasteiger partial charge is 0.340 e. The predicted molar refractivity (Wildman–Crippen MR) is 92.5 cm³/mol. The highest BCUT2D eigenvalue weighted by Crippen LogP contribution is 2.21. The van der Waals surface area contributed by atoms with E-state index in [1.807, 2.05) is 65.2 Å². The van der Waals surface area contributed by atoms with Crippen molar-refractivity contribution in [3.05, 3.63) is 71.9 Å². The average Bonchev–Trinajstić information content (AvgIpc) is 2.99. The van der Waals surface area contributed by atoms with Crippen LogP contribution in [-0.4, -0.2) is 23.6 Å². The Hall–Kier alpha value is -3.28. The van der Waals surface area contributed by atoms with Gasteiger partial charge in [0, 0.05) is 24.5 Å². The maximum Gasteiger partial charge on any atom is 0.333 e. The molecule has 3 aromatic rings. The van der Waals surface area contributed by atoms with Crippen LogP contribution in [0.2, 0.25) is 0 Å². The Kier molecular flexibility index (Phi) is 4.47. The molecule has 0 unspecified atom stereocenters. The van der Waals surface area contributed by atoms with Gasteiger partial charge in [-0.1, -0.05) is 48.5 Å². The van der Waals surface area contributed by atoms with Gasteiger partial charge in [-0.3, -0.25) is 10.2 Å². The number of amides is 3. The summed E-state index contributed by atoms with van der Waals surface area (Å²) >= 11 is 0. The summed E-state index contributed by atoms with van der Waals surface area (Å²) in [4.78, 5) is 23.7. The molecular weight excluding hydrogens is 304 g/mol. The zero-order chi connectivity index (χ0) is 16.9.